The zero-order valence-electron chi connectivity index (χ0n) is 17.3. The molecule has 1 saturated heterocycles. The number of likely N-dealkylation sites (tertiary alicyclic amines) is 1. The molecule has 9 heteroatoms. The Kier molecular flexibility index (Phi) is 6.29. The molecule has 4 rings (SSSR count). The molecule has 2 heterocycles. The van der Waals surface area contributed by atoms with Crippen molar-refractivity contribution in [2.24, 2.45) is 5.92 Å². The fourth-order valence-electron chi connectivity index (χ4n) is 4.51. The van der Waals surface area contributed by atoms with Crippen LogP contribution in [0.5, 0.6) is 0 Å². The van der Waals surface area contributed by atoms with Crippen LogP contribution in [0.4, 0.5) is 8.78 Å². The molecule has 7 nitrogen and oxygen atoms in total. The first kappa shape index (κ1) is 21.4. The first-order valence-corrected chi connectivity index (χ1v) is 10.8. The van der Waals surface area contributed by atoms with E-state index in [-0.39, 0.29) is 24.1 Å². The summed E-state index contributed by atoms with van der Waals surface area (Å²) in [5.74, 6) is -3.21. The van der Waals surface area contributed by atoms with Crippen molar-refractivity contribution in [3.8, 4) is 0 Å². The summed E-state index contributed by atoms with van der Waals surface area (Å²) in [6, 6.07) is 8.80. The number of carbonyl (C=O) groups excluding carboxylic acids is 2. The minimum atomic E-state index is -2.91. The maximum Gasteiger partial charge on any atom is 0.273 e. The quantitative estimate of drug-likeness (QED) is 0.731. The summed E-state index contributed by atoms with van der Waals surface area (Å²) in [6.45, 7) is -0.113. The second-order valence-corrected chi connectivity index (χ2v) is 8.58. The van der Waals surface area contributed by atoms with Gasteiger partial charge in [-0.25, -0.2) is 13.5 Å². The molecule has 0 bridgehead atoms. The van der Waals surface area contributed by atoms with E-state index < -0.39 is 24.9 Å². The summed E-state index contributed by atoms with van der Waals surface area (Å²) < 4.78 is 29.6. The van der Waals surface area contributed by atoms with Crippen molar-refractivity contribution >= 4 is 11.8 Å². The van der Waals surface area contributed by atoms with Crippen LogP contribution >= 0.6 is 0 Å². The zero-order chi connectivity index (χ0) is 21.8. The summed E-state index contributed by atoms with van der Waals surface area (Å²) in [4.78, 5) is 26.3. The Balaban J connectivity index is 1.36. The third-order valence-electron chi connectivity index (χ3n) is 6.10. The number of carbonyl (C=O) groups is 2. The highest BCUT2D eigenvalue weighted by atomic mass is 19.3. The third kappa shape index (κ3) is 5.45. The lowest BCUT2D eigenvalue weighted by Crippen LogP contribution is -2.39. The Labute approximate surface area is 179 Å². The fourth-order valence-corrected chi connectivity index (χ4v) is 4.51. The highest BCUT2D eigenvalue weighted by Gasteiger charge is 2.47. The second kappa shape index (κ2) is 9.11. The molecular formula is C22H27F2N5O2. The van der Waals surface area contributed by atoms with Crippen LogP contribution in [0.15, 0.2) is 36.5 Å². The Hall–Kier alpha value is -2.84. The van der Waals surface area contributed by atoms with Gasteiger partial charge in [-0.3, -0.25) is 9.59 Å². The monoisotopic (exact) mass is 431 g/mol. The highest BCUT2D eigenvalue weighted by molar-refractivity contribution is 5.91. The van der Waals surface area contributed by atoms with Crippen LogP contribution in [0, 0.1) is 5.92 Å². The van der Waals surface area contributed by atoms with Crippen molar-refractivity contribution in [3.05, 3.63) is 47.8 Å². The molecule has 31 heavy (non-hydrogen) atoms. The molecule has 1 aliphatic carbocycles. The molecule has 1 atom stereocenters. The molecule has 2 aromatic rings. The van der Waals surface area contributed by atoms with Gasteiger partial charge in [0.25, 0.3) is 11.8 Å². The molecule has 1 unspecified atom stereocenters. The summed E-state index contributed by atoms with van der Waals surface area (Å²) in [5, 5.41) is 10.6. The summed E-state index contributed by atoms with van der Waals surface area (Å²) >= 11 is 0. The van der Waals surface area contributed by atoms with E-state index >= 15 is 0 Å². The van der Waals surface area contributed by atoms with Crippen molar-refractivity contribution in [1.82, 2.24) is 25.2 Å². The molecule has 2 aliphatic rings. The van der Waals surface area contributed by atoms with Crippen LogP contribution in [0.2, 0.25) is 0 Å². The minimum absolute atomic E-state index is 0.0883. The minimum Gasteiger partial charge on any atom is -0.347 e. The van der Waals surface area contributed by atoms with E-state index in [4.69, 9.17) is 0 Å². The predicted octanol–water partition coefficient (Wildman–Crippen LogP) is 3.02. The van der Waals surface area contributed by atoms with E-state index in [0.29, 0.717) is 18.9 Å². The van der Waals surface area contributed by atoms with E-state index in [2.05, 4.69) is 15.6 Å². The highest BCUT2D eigenvalue weighted by Crippen LogP contribution is 2.35. The molecule has 2 fully saturated rings. The number of nitrogens with one attached hydrogen (secondary N) is 1. The summed E-state index contributed by atoms with van der Waals surface area (Å²) in [7, 11) is 0. The standard InChI is InChI=1S/C22H27F2N5O2/c23-22(24)11-18(29(15-22)20(30)10-16-6-4-5-7-16)13-28-14-19(26-27-28)21(31)25-12-17-8-2-1-3-9-17/h1-3,8-9,14,16,18H,4-7,10-13,15H2,(H,25,31). The Bertz CT molecular complexity index is 912. The number of hydrogen-bond donors (Lipinski definition) is 1. The molecule has 166 valence electrons. The lowest BCUT2D eigenvalue weighted by molar-refractivity contribution is -0.134. The molecule has 1 aliphatic heterocycles. The topological polar surface area (TPSA) is 80.1 Å². The molecule has 1 aromatic carbocycles. The maximum absolute atomic E-state index is 14.1. The van der Waals surface area contributed by atoms with E-state index in [1.54, 1.807) is 0 Å². The van der Waals surface area contributed by atoms with Gasteiger partial charge in [-0.2, -0.15) is 0 Å². The largest absolute Gasteiger partial charge is 0.347 e. The molecule has 1 saturated carbocycles. The van der Waals surface area contributed by atoms with Gasteiger partial charge in [0.1, 0.15) is 0 Å². The lowest BCUT2D eigenvalue weighted by atomic mass is 10.0. The van der Waals surface area contributed by atoms with Crippen molar-refractivity contribution in [1.29, 1.82) is 0 Å². The maximum atomic E-state index is 14.1. The molecule has 1 N–H and O–H groups in total. The number of nitrogens with zero attached hydrogens (tertiary/aromatic N) is 4. The van der Waals surface area contributed by atoms with Gasteiger partial charge in [0, 0.05) is 19.4 Å². The normalized spacial score (nSPS) is 20.8. The van der Waals surface area contributed by atoms with Crippen LogP contribution in [0.1, 0.15) is 54.6 Å². The van der Waals surface area contributed by atoms with Gasteiger partial charge in [0.2, 0.25) is 5.91 Å². The SMILES string of the molecule is O=C(NCc1ccccc1)c1cn(CC2CC(F)(F)CN2C(=O)CC2CCCC2)nn1. The van der Waals surface area contributed by atoms with Gasteiger partial charge in [-0.15, -0.1) is 5.10 Å². The molecular weight excluding hydrogens is 404 g/mol. The van der Waals surface area contributed by atoms with Gasteiger partial charge < -0.3 is 10.2 Å². The Morgan fingerprint density at radius 1 is 1.16 bits per heavy atom. The third-order valence-corrected chi connectivity index (χ3v) is 6.10. The van der Waals surface area contributed by atoms with Crippen LogP contribution in [0.25, 0.3) is 0 Å². The number of amides is 2. The number of rotatable bonds is 7. The molecule has 1 aromatic heterocycles. The molecule has 0 spiro atoms. The lowest BCUT2D eigenvalue weighted by Gasteiger charge is -2.25. The number of benzene rings is 1. The number of hydrogen-bond acceptors (Lipinski definition) is 4. The fraction of sp³-hybridized carbons (Fsp3) is 0.545. The smallest absolute Gasteiger partial charge is 0.273 e. The number of aromatic nitrogens is 3. The van der Waals surface area contributed by atoms with E-state index in [1.807, 2.05) is 30.3 Å². The average Bonchev–Trinajstić information content (AvgIpc) is 3.48. The van der Waals surface area contributed by atoms with Crippen molar-refractivity contribution < 1.29 is 18.4 Å². The van der Waals surface area contributed by atoms with Crippen molar-refractivity contribution in [2.75, 3.05) is 6.54 Å². The Morgan fingerprint density at radius 2 is 1.90 bits per heavy atom. The van der Waals surface area contributed by atoms with E-state index in [1.165, 1.54) is 15.8 Å². The first-order valence-electron chi connectivity index (χ1n) is 10.8. The second-order valence-electron chi connectivity index (χ2n) is 8.58. The number of alkyl halides is 2. The van der Waals surface area contributed by atoms with Gasteiger partial charge >= 0.3 is 0 Å². The van der Waals surface area contributed by atoms with E-state index in [9.17, 15) is 18.4 Å². The average molecular weight is 431 g/mol. The first-order chi connectivity index (χ1) is 14.9. The van der Waals surface area contributed by atoms with Gasteiger partial charge in [-0.05, 0) is 24.3 Å². The van der Waals surface area contributed by atoms with Crippen LogP contribution in [-0.4, -0.2) is 50.2 Å². The van der Waals surface area contributed by atoms with Crippen LogP contribution in [-0.2, 0) is 17.9 Å². The molecule has 0 radical (unpaired) electrons. The Morgan fingerprint density at radius 3 is 2.65 bits per heavy atom. The summed E-state index contributed by atoms with van der Waals surface area (Å²) in [5.41, 5.74) is 1.07. The van der Waals surface area contributed by atoms with Gasteiger partial charge in [0.05, 0.1) is 25.3 Å². The predicted molar refractivity (Wildman–Crippen MR) is 109 cm³/mol. The van der Waals surface area contributed by atoms with Crippen molar-refractivity contribution in [2.45, 2.75) is 63.6 Å². The van der Waals surface area contributed by atoms with Crippen molar-refractivity contribution in [3.63, 3.8) is 0 Å². The van der Waals surface area contributed by atoms with E-state index in [0.717, 1.165) is 31.2 Å². The van der Waals surface area contributed by atoms with Crippen LogP contribution < -0.4 is 5.32 Å². The molecule has 2 amide bonds. The van der Waals surface area contributed by atoms with Crippen LogP contribution in [0.3, 0.4) is 0 Å². The van der Waals surface area contributed by atoms with Gasteiger partial charge in [0.15, 0.2) is 5.69 Å². The van der Waals surface area contributed by atoms with Gasteiger partial charge in [-0.1, -0.05) is 48.4 Å². The summed E-state index contributed by atoms with van der Waals surface area (Å²) in [6.07, 6.45) is 5.56. The zero-order valence-corrected chi connectivity index (χ0v) is 17.3. The number of halogens is 2.